The molecule has 0 rings (SSSR count). The molecule has 0 saturated heterocycles. The second-order valence-corrected chi connectivity index (χ2v) is 21.3. The lowest BCUT2D eigenvalue weighted by Gasteiger charge is -2.28. The number of hydrogen-bond donors (Lipinski definition) is 0. The Balaban J connectivity index is 4.21. The monoisotopic (exact) mass is 1100 g/mol. The average Bonchev–Trinajstić information content (AvgIpc) is 3.40. The summed E-state index contributed by atoms with van der Waals surface area (Å²) in [6.07, 6.45) is 88.2. The molecule has 0 radical (unpaired) electrons. The Labute approximate surface area is 476 Å². The van der Waals surface area contributed by atoms with Gasteiger partial charge in [-0.2, -0.15) is 0 Å². The first kappa shape index (κ1) is 73.1. The van der Waals surface area contributed by atoms with Gasteiger partial charge in [0.2, 0.25) is 0 Å². The lowest BCUT2D eigenvalue weighted by Crippen LogP contribution is -2.37. The van der Waals surface area contributed by atoms with Gasteiger partial charge in [-0.05, 0) is 135 Å². The molecule has 0 amide bonds. The van der Waals surface area contributed by atoms with Crippen molar-refractivity contribution < 1.29 is 42.1 Å². The van der Waals surface area contributed by atoms with E-state index >= 15 is 0 Å². The second-order valence-electron chi connectivity index (χ2n) is 19.9. The van der Waals surface area contributed by atoms with E-state index in [4.69, 9.17) is 18.5 Å². The Hall–Kier alpha value is -4.89. The summed E-state index contributed by atoms with van der Waals surface area (Å²) in [6, 6.07) is 0. The average molecular weight is 1100 g/mol. The van der Waals surface area contributed by atoms with Gasteiger partial charge in [-0.25, -0.2) is 0 Å². The molecular weight excluding hydrogens is 990 g/mol. The summed E-state index contributed by atoms with van der Waals surface area (Å²) < 4.78 is 34.0. The van der Waals surface area contributed by atoms with Crippen LogP contribution in [0.3, 0.4) is 0 Å². The van der Waals surface area contributed by atoms with Gasteiger partial charge >= 0.3 is 11.9 Å². The third kappa shape index (κ3) is 60.3. The number of carbonyl (C=O) groups is 2. The highest BCUT2D eigenvalue weighted by molar-refractivity contribution is 7.45. The number of phosphoric ester groups is 1. The summed E-state index contributed by atoms with van der Waals surface area (Å²) in [6.45, 7) is 3.89. The number of allylic oxidation sites excluding steroid dienone is 30. The van der Waals surface area contributed by atoms with E-state index in [1.165, 1.54) is 0 Å². The van der Waals surface area contributed by atoms with Gasteiger partial charge in [-0.3, -0.25) is 14.2 Å². The molecule has 0 aliphatic heterocycles. The highest BCUT2D eigenvalue weighted by Gasteiger charge is 2.21. The first-order chi connectivity index (χ1) is 38.0. The van der Waals surface area contributed by atoms with Crippen LogP contribution in [0.2, 0.25) is 0 Å². The number of phosphoric acid groups is 1. The second kappa shape index (κ2) is 56.8. The van der Waals surface area contributed by atoms with E-state index in [0.717, 1.165) is 141 Å². The molecule has 0 saturated carbocycles. The van der Waals surface area contributed by atoms with Gasteiger partial charge in [0.05, 0.1) is 27.7 Å². The molecule has 0 fully saturated rings. The van der Waals surface area contributed by atoms with Crippen molar-refractivity contribution >= 4 is 19.8 Å². The summed E-state index contributed by atoms with van der Waals surface area (Å²) in [7, 11) is 1.10. The van der Waals surface area contributed by atoms with Crippen LogP contribution in [0.5, 0.6) is 0 Å². The van der Waals surface area contributed by atoms with Gasteiger partial charge in [0.15, 0.2) is 6.10 Å². The van der Waals surface area contributed by atoms with Crippen LogP contribution in [0.4, 0.5) is 0 Å². The van der Waals surface area contributed by atoms with Crippen molar-refractivity contribution in [1.82, 2.24) is 0 Å². The number of rotatable bonds is 51. The lowest BCUT2D eigenvalue weighted by atomic mass is 10.1. The van der Waals surface area contributed by atoms with Crippen molar-refractivity contribution in [3.05, 3.63) is 182 Å². The van der Waals surface area contributed by atoms with E-state index in [-0.39, 0.29) is 26.1 Å². The normalized spacial score (nSPS) is 14.6. The number of carbonyl (C=O) groups excluding carboxylic acids is 2. The molecule has 2 unspecified atom stereocenters. The summed E-state index contributed by atoms with van der Waals surface area (Å²) in [4.78, 5) is 37.7. The van der Waals surface area contributed by atoms with Gasteiger partial charge in [0, 0.05) is 12.8 Å². The minimum Gasteiger partial charge on any atom is -0.756 e. The van der Waals surface area contributed by atoms with E-state index in [1.807, 2.05) is 21.1 Å². The summed E-state index contributed by atoms with van der Waals surface area (Å²) in [5, 5.41) is 0. The van der Waals surface area contributed by atoms with E-state index in [0.29, 0.717) is 23.9 Å². The molecule has 0 aliphatic rings. The van der Waals surface area contributed by atoms with Crippen LogP contribution in [0.1, 0.15) is 181 Å². The van der Waals surface area contributed by atoms with Gasteiger partial charge in [-0.1, -0.05) is 215 Å². The molecule has 9 nitrogen and oxygen atoms in total. The molecule has 0 aromatic rings. The summed E-state index contributed by atoms with van der Waals surface area (Å²) in [5.41, 5.74) is 0. The van der Waals surface area contributed by atoms with Crippen LogP contribution in [0.15, 0.2) is 182 Å². The van der Waals surface area contributed by atoms with Gasteiger partial charge in [0.1, 0.15) is 19.8 Å². The zero-order valence-corrected chi connectivity index (χ0v) is 50.2. The van der Waals surface area contributed by atoms with Crippen molar-refractivity contribution in [2.45, 2.75) is 187 Å². The molecule has 0 spiro atoms. The Kier molecular flexibility index (Phi) is 53.3. The minimum atomic E-state index is -4.66. The van der Waals surface area contributed by atoms with E-state index < -0.39 is 32.5 Å². The van der Waals surface area contributed by atoms with Crippen LogP contribution in [-0.4, -0.2) is 70.0 Å². The molecule has 0 aromatic carbocycles. The maximum Gasteiger partial charge on any atom is 0.306 e. The zero-order valence-electron chi connectivity index (χ0n) is 49.3. The fraction of sp³-hybridized carbons (Fsp3) is 0.529. The van der Waals surface area contributed by atoms with Gasteiger partial charge in [0.25, 0.3) is 7.82 Å². The number of unbranched alkanes of at least 4 members (excludes halogenated alkanes) is 7. The van der Waals surface area contributed by atoms with Gasteiger partial charge < -0.3 is 27.9 Å². The van der Waals surface area contributed by atoms with Crippen LogP contribution < -0.4 is 4.89 Å². The maximum absolute atomic E-state index is 12.8. The quantitative estimate of drug-likeness (QED) is 0.0195. The highest BCUT2D eigenvalue weighted by Crippen LogP contribution is 2.38. The Morgan fingerprint density at radius 1 is 0.397 bits per heavy atom. The largest absolute Gasteiger partial charge is 0.756 e. The van der Waals surface area contributed by atoms with E-state index in [1.54, 1.807) is 0 Å². The Morgan fingerprint density at radius 2 is 0.692 bits per heavy atom. The first-order valence-corrected chi connectivity index (χ1v) is 31.0. The lowest BCUT2D eigenvalue weighted by molar-refractivity contribution is -0.870. The van der Waals surface area contributed by atoms with Crippen LogP contribution in [0.25, 0.3) is 0 Å². The molecule has 78 heavy (non-hydrogen) atoms. The molecule has 0 aliphatic carbocycles. The minimum absolute atomic E-state index is 0.0515. The molecule has 0 heterocycles. The number of quaternary nitrogens is 1. The molecule has 2 atom stereocenters. The summed E-state index contributed by atoms with van der Waals surface area (Å²) in [5.74, 6) is -0.916. The zero-order chi connectivity index (χ0) is 57.0. The van der Waals surface area contributed by atoms with Crippen molar-refractivity contribution in [3.8, 4) is 0 Å². The number of hydrogen-bond acceptors (Lipinski definition) is 8. The first-order valence-electron chi connectivity index (χ1n) is 29.5. The number of ether oxygens (including phenoxy) is 2. The standard InChI is InChI=1S/C68H106NO8P/c1-6-8-10-12-14-16-18-20-21-22-23-24-25-26-27-28-29-30-31-32-33-34-35-36-37-38-39-40-41-42-43-44-45-46-47-49-51-53-55-57-59-61-68(71)77-66(65-76-78(72,73)75-63-62-69(3,4)5)64-74-67(70)60-58-56-54-52-50-48-19-17-15-13-11-9-7-2/h8-11,14-17,20-21,23-24,26-27,29-30,32-33,35-36,38-39,41-42,44-45,47-50,66H,6-7,12-13,18-19,22,25,28,31,34,37,40,43,46,51-65H2,1-5H3/b10-8-,11-9-,16-14-,17-15-,21-20-,24-23-,27-26-,30-29-,33-32-,36-35-,39-38-,42-41-,45-44-,49-47-,50-48-. The molecular formula is C68H106NO8P. The predicted octanol–water partition coefficient (Wildman–Crippen LogP) is 18.2. The predicted molar refractivity (Wildman–Crippen MR) is 332 cm³/mol. The van der Waals surface area contributed by atoms with E-state index in [9.17, 15) is 19.0 Å². The molecule has 0 aromatic heterocycles. The maximum atomic E-state index is 12.8. The highest BCUT2D eigenvalue weighted by atomic mass is 31.2. The van der Waals surface area contributed by atoms with Crippen LogP contribution in [-0.2, 0) is 32.7 Å². The SMILES string of the molecule is CC/C=C\C/C=C\C/C=C\C/C=C\C/C=C\C/C=C\C/C=C\C/C=C\C/C=C\C/C=C\C/C=C\C/C=C\CCCCCCC(=O)OC(COC(=O)CCCCC/C=C\C/C=C\C/C=C\CC)COP(=O)([O-])OCC[N+](C)(C)C. The topological polar surface area (TPSA) is 111 Å². The molecule has 10 heteroatoms. The Morgan fingerprint density at radius 3 is 1.03 bits per heavy atom. The molecule has 0 N–H and O–H groups in total. The smallest absolute Gasteiger partial charge is 0.306 e. The fourth-order valence-corrected chi connectivity index (χ4v) is 7.67. The van der Waals surface area contributed by atoms with E-state index in [2.05, 4.69) is 196 Å². The number of likely N-dealkylation sites (N-methyl/N-ethyl adjacent to an activating group) is 1. The van der Waals surface area contributed by atoms with Crippen LogP contribution >= 0.6 is 7.82 Å². The van der Waals surface area contributed by atoms with Crippen molar-refractivity contribution in [2.24, 2.45) is 0 Å². The van der Waals surface area contributed by atoms with Crippen molar-refractivity contribution in [1.29, 1.82) is 0 Å². The van der Waals surface area contributed by atoms with Crippen molar-refractivity contribution in [2.75, 3.05) is 47.5 Å². The van der Waals surface area contributed by atoms with Crippen molar-refractivity contribution in [3.63, 3.8) is 0 Å². The number of esters is 2. The van der Waals surface area contributed by atoms with Crippen LogP contribution in [0, 0.1) is 0 Å². The molecule has 436 valence electrons. The third-order valence-corrected chi connectivity index (χ3v) is 12.4. The van der Waals surface area contributed by atoms with Gasteiger partial charge in [-0.15, -0.1) is 0 Å². The number of nitrogens with zero attached hydrogens (tertiary/aromatic N) is 1. The summed E-state index contributed by atoms with van der Waals surface area (Å²) >= 11 is 0. The molecule has 0 bridgehead atoms. The third-order valence-electron chi connectivity index (χ3n) is 11.4. The Bertz CT molecular complexity index is 1970. The fourth-order valence-electron chi connectivity index (χ4n) is 6.94.